The van der Waals surface area contributed by atoms with Crippen LogP contribution >= 0.6 is 11.3 Å². The Hall–Kier alpha value is -1.84. The van der Waals surface area contributed by atoms with Gasteiger partial charge in [0.05, 0.1) is 16.8 Å². The molecule has 1 aromatic heterocycles. The fourth-order valence-corrected chi connectivity index (χ4v) is 3.45. The Balaban J connectivity index is 2.23. The number of rotatable bonds is 5. The van der Waals surface area contributed by atoms with Crippen molar-refractivity contribution in [3.05, 3.63) is 45.7 Å². The first-order valence-corrected chi connectivity index (χ1v) is 8.09. The Morgan fingerprint density at radius 1 is 1.48 bits per heavy atom. The Morgan fingerprint density at radius 2 is 2.19 bits per heavy atom. The van der Waals surface area contributed by atoms with Gasteiger partial charge in [0, 0.05) is 11.4 Å². The van der Waals surface area contributed by atoms with E-state index in [9.17, 15) is 17.6 Å². The van der Waals surface area contributed by atoms with E-state index in [1.54, 1.807) is 12.4 Å². The summed E-state index contributed by atoms with van der Waals surface area (Å²) in [5, 5.41) is 8.72. The van der Waals surface area contributed by atoms with Gasteiger partial charge in [0.25, 0.3) is 0 Å². The van der Waals surface area contributed by atoms with Crippen molar-refractivity contribution in [2.45, 2.75) is 18.4 Å². The maximum Gasteiger partial charge on any atom is 0.335 e. The molecule has 0 aliphatic heterocycles. The van der Waals surface area contributed by atoms with Crippen molar-refractivity contribution in [3.8, 4) is 0 Å². The zero-order valence-electron chi connectivity index (χ0n) is 10.8. The third-order valence-electron chi connectivity index (χ3n) is 2.74. The molecule has 0 aliphatic rings. The lowest BCUT2D eigenvalue weighted by molar-refractivity contribution is 0.0696. The second-order valence-electron chi connectivity index (χ2n) is 4.14. The van der Waals surface area contributed by atoms with Gasteiger partial charge in [-0.15, -0.1) is 11.3 Å². The third kappa shape index (κ3) is 3.43. The fourth-order valence-electron chi connectivity index (χ4n) is 1.59. The molecule has 0 radical (unpaired) electrons. The highest BCUT2D eigenvalue weighted by Gasteiger charge is 2.20. The normalized spacial score (nSPS) is 11.5. The summed E-state index contributed by atoms with van der Waals surface area (Å²) in [6, 6.07) is 2.65. The standard InChI is InChI=1S/C12H11FN2O4S2/c1-7-10(20-6-14-7)5-15-21(18,19)11-3-2-8(12(16)17)4-9(11)13/h2-4,6,15H,5H2,1H3,(H,16,17). The van der Waals surface area contributed by atoms with Gasteiger partial charge >= 0.3 is 5.97 Å². The van der Waals surface area contributed by atoms with E-state index in [1.807, 2.05) is 0 Å². The number of carboxylic acid groups (broad SMARTS) is 1. The number of aromatic nitrogens is 1. The maximum atomic E-state index is 13.8. The summed E-state index contributed by atoms with van der Waals surface area (Å²) in [6.45, 7) is 1.74. The number of thiazole rings is 1. The van der Waals surface area contributed by atoms with E-state index < -0.39 is 26.7 Å². The van der Waals surface area contributed by atoms with Crippen LogP contribution in [0.25, 0.3) is 0 Å². The minimum atomic E-state index is -4.07. The highest BCUT2D eigenvalue weighted by Crippen LogP contribution is 2.18. The first kappa shape index (κ1) is 15.5. The van der Waals surface area contributed by atoms with Crippen LogP contribution < -0.4 is 4.72 Å². The van der Waals surface area contributed by atoms with Crippen molar-refractivity contribution in [3.63, 3.8) is 0 Å². The number of carboxylic acids is 1. The highest BCUT2D eigenvalue weighted by atomic mass is 32.2. The average molecular weight is 330 g/mol. The second-order valence-corrected chi connectivity index (χ2v) is 6.81. The summed E-state index contributed by atoms with van der Waals surface area (Å²) in [5.74, 6) is -2.44. The van der Waals surface area contributed by atoms with Gasteiger partial charge in [0.2, 0.25) is 10.0 Å². The minimum Gasteiger partial charge on any atom is -0.478 e. The van der Waals surface area contributed by atoms with E-state index in [1.165, 1.54) is 11.3 Å². The molecule has 0 fully saturated rings. The molecule has 2 aromatic rings. The van der Waals surface area contributed by atoms with Crippen molar-refractivity contribution in [1.82, 2.24) is 9.71 Å². The molecule has 0 spiro atoms. The van der Waals surface area contributed by atoms with Crippen molar-refractivity contribution in [1.29, 1.82) is 0 Å². The molecule has 0 atom stereocenters. The molecule has 0 bridgehead atoms. The Kier molecular flexibility index (Phi) is 4.35. The highest BCUT2D eigenvalue weighted by molar-refractivity contribution is 7.89. The van der Waals surface area contributed by atoms with Crippen LogP contribution in [0.15, 0.2) is 28.6 Å². The first-order valence-electron chi connectivity index (χ1n) is 5.73. The summed E-state index contributed by atoms with van der Waals surface area (Å²) >= 11 is 1.29. The molecule has 112 valence electrons. The van der Waals surface area contributed by atoms with Gasteiger partial charge in [0.1, 0.15) is 10.7 Å². The smallest absolute Gasteiger partial charge is 0.335 e. The molecular weight excluding hydrogens is 319 g/mol. The summed E-state index contributed by atoms with van der Waals surface area (Å²) in [5.41, 5.74) is 1.97. The minimum absolute atomic E-state index is 0.00104. The number of aryl methyl sites for hydroxylation is 1. The topological polar surface area (TPSA) is 96.4 Å². The predicted molar refractivity (Wildman–Crippen MR) is 74.2 cm³/mol. The van der Waals surface area contributed by atoms with Crippen LogP contribution in [-0.2, 0) is 16.6 Å². The van der Waals surface area contributed by atoms with Gasteiger partial charge in [-0.1, -0.05) is 0 Å². The van der Waals surface area contributed by atoms with E-state index in [0.717, 1.165) is 17.0 Å². The lowest BCUT2D eigenvalue weighted by Crippen LogP contribution is -2.24. The lowest BCUT2D eigenvalue weighted by Gasteiger charge is -2.07. The summed E-state index contributed by atoms with van der Waals surface area (Å²) < 4.78 is 40.1. The zero-order chi connectivity index (χ0) is 15.6. The molecule has 1 heterocycles. The number of hydrogen-bond acceptors (Lipinski definition) is 5. The van der Waals surface area contributed by atoms with Gasteiger partial charge in [-0.2, -0.15) is 0 Å². The average Bonchev–Trinajstić information content (AvgIpc) is 2.81. The quantitative estimate of drug-likeness (QED) is 0.871. The van der Waals surface area contributed by atoms with Crippen LogP contribution in [-0.4, -0.2) is 24.5 Å². The molecule has 0 unspecified atom stereocenters. The molecule has 0 aliphatic carbocycles. The van der Waals surface area contributed by atoms with E-state index in [0.29, 0.717) is 11.8 Å². The monoisotopic (exact) mass is 330 g/mol. The van der Waals surface area contributed by atoms with Gasteiger partial charge in [-0.3, -0.25) is 0 Å². The van der Waals surface area contributed by atoms with Crippen LogP contribution in [0.1, 0.15) is 20.9 Å². The molecule has 1 aromatic carbocycles. The van der Waals surface area contributed by atoms with E-state index in [2.05, 4.69) is 9.71 Å². The van der Waals surface area contributed by atoms with Crippen molar-refractivity contribution in [2.75, 3.05) is 0 Å². The van der Waals surface area contributed by atoms with E-state index >= 15 is 0 Å². The Morgan fingerprint density at radius 3 is 2.71 bits per heavy atom. The maximum absolute atomic E-state index is 13.8. The van der Waals surface area contributed by atoms with Crippen LogP contribution in [0.2, 0.25) is 0 Å². The van der Waals surface area contributed by atoms with Crippen LogP contribution in [0.3, 0.4) is 0 Å². The summed E-state index contributed by atoms with van der Waals surface area (Å²) in [4.78, 5) is 14.8. The Labute approximate surface area is 124 Å². The molecule has 9 heteroatoms. The van der Waals surface area contributed by atoms with E-state index in [-0.39, 0.29) is 12.1 Å². The fraction of sp³-hybridized carbons (Fsp3) is 0.167. The molecule has 0 saturated carbocycles. The number of nitrogens with zero attached hydrogens (tertiary/aromatic N) is 1. The molecular formula is C12H11FN2O4S2. The van der Waals surface area contributed by atoms with Crippen molar-refractivity contribution < 1.29 is 22.7 Å². The van der Waals surface area contributed by atoms with Gasteiger partial charge in [-0.25, -0.2) is 27.3 Å². The Bertz CT molecular complexity index is 786. The number of hydrogen-bond donors (Lipinski definition) is 2. The zero-order valence-corrected chi connectivity index (χ0v) is 12.5. The molecule has 0 amide bonds. The first-order chi connectivity index (χ1) is 9.81. The molecule has 2 N–H and O–H groups in total. The van der Waals surface area contributed by atoms with Crippen LogP contribution in [0.5, 0.6) is 0 Å². The number of nitrogens with one attached hydrogen (secondary N) is 1. The molecule has 21 heavy (non-hydrogen) atoms. The molecule has 2 rings (SSSR count). The third-order valence-corrected chi connectivity index (χ3v) is 5.11. The number of sulfonamides is 1. The molecule has 6 nitrogen and oxygen atoms in total. The van der Waals surface area contributed by atoms with Crippen molar-refractivity contribution >= 4 is 27.3 Å². The van der Waals surface area contributed by atoms with Gasteiger partial charge in [0.15, 0.2) is 0 Å². The number of benzene rings is 1. The van der Waals surface area contributed by atoms with Crippen molar-refractivity contribution in [2.24, 2.45) is 0 Å². The largest absolute Gasteiger partial charge is 0.478 e. The predicted octanol–water partition coefficient (Wildman–Crippen LogP) is 1.77. The second kappa shape index (κ2) is 5.88. The number of halogens is 1. The summed E-state index contributed by atoms with van der Waals surface area (Å²) in [6.07, 6.45) is 0. The summed E-state index contributed by atoms with van der Waals surface area (Å²) in [7, 11) is -4.07. The lowest BCUT2D eigenvalue weighted by atomic mass is 10.2. The number of aromatic carboxylic acids is 1. The van der Waals surface area contributed by atoms with E-state index in [4.69, 9.17) is 5.11 Å². The van der Waals surface area contributed by atoms with Gasteiger partial charge < -0.3 is 5.11 Å². The van der Waals surface area contributed by atoms with Crippen LogP contribution in [0.4, 0.5) is 4.39 Å². The molecule has 0 saturated heterocycles. The van der Waals surface area contributed by atoms with Gasteiger partial charge in [-0.05, 0) is 25.1 Å². The number of carbonyl (C=O) groups is 1. The SMILES string of the molecule is Cc1ncsc1CNS(=O)(=O)c1ccc(C(=O)O)cc1F. The van der Waals surface area contributed by atoms with Crippen LogP contribution in [0, 0.1) is 12.7 Å².